The monoisotopic (exact) mass is 639 g/mol. The number of nitrogen functional groups attached to an aromatic ring is 3. The van der Waals surface area contributed by atoms with Gasteiger partial charge in [-0.05, 0) is 6.42 Å². The third-order valence-electron chi connectivity index (χ3n) is 6.46. The van der Waals surface area contributed by atoms with E-state index >= 15 is 0 Å². The fourth-order valence-corrected chi connectivity index (χ4v) is 7.71. The second-order valence-corrected chi connectivity index (χ2v) is 12.5. The molecule has 0 aromatic carbocycles. The Hall–Kier alpha value is -3.84. The van der Waals surface area contributed by atoms with E-state index in [0.717, 1.165) is 24.2 Å². The van der Waals surface area contributed by atoms with Gasteiger partial charge in [-0.1, -0.05) is 35.2 Å². The van der Waals surface area contributed by atoms with E-state index in [0.29, 0.717) is 17.5 Å². The molecule has 8 N–H and O–H groups in total. The summed E-state index contributed by atoms with van der Waals surface area (Å²) in [7, 11) is 0. The number of aliphatic carboxylic acids is 2. The molecule has 19 heteroatoms. The van der Waals surface area contributed by atoms with Crippen LogP contribution in [0.3, 0.4) is 0 Å². The lowest BCUT2D eigenvalue weighted by Gasteiger charge is -2.55. The van der Waals surface area contributed by atoms with Crippen LogP contribution >= 0.6 is 34.9 Å². The summed E-state index contributed by atoms with van der Waals surface area (Å²) in [4.78, 5) is 63.8. The summed E-state index contributed by atoms with van der Waals surface area (Å²) in [6.07, 6.45) is 1.75. The molecule has 2 fully saturated rings. The van der Waals surface area contributed by atoms with E-state index in [2.05, 4.69) is 20.4 Å². The maximum Gasteiger partial charge on any atom is 0.344 e. The number of β-lactam (4-membered cyclic amide) rings is 1. The molecular weight excluding hydrogens is 611 g/mol. The predicted octanol–water partition coefficient (Wildman–Crippen LogP) is -1.89. The number of nitrogens with two attached hydrogens (primary N) is 3. The first-order valence-corrected chi connectivity index (χ1v) is 15.5. The van der Waals surface area contributed by atoms with Crippen LogP contribution in [-0.4, -0.2) is 85.5 Å². The van der Waals surface area contributed by atoms with E-state index < -0.39 is 47.2 Å². The Morgan fingerprint density at radius 3 is 2.76 bits per heavy atom. The van der Waals surface area contributed by atoms with Crippen molar-refractivity contribution in [2.45, 2.75) is 42.9 Å². The van der Waals surface area contributed by atoms with Gasteiger partial charge in [0, 0.05) is 28.8 Å². The van der Waals surface area contributed by atoms with Crippen LogP contribution < -0.4 is 32.2 Å². The van der Waals surface area contributed by atoms with E-state index in [1.165, 1.54) is 33.8 Å². The van der Waals surface area contributed by atoms with Gasteiger partial charge in [0.05, 0.1) is 18.6 Å². The predicted molar refractivity (Wildman–Crippen MR) is 153 cm³/mol. The molecule has 0 aliphatic carbocycles. The number of anilines is 3. The first-order chi connectivity index (χ1) is 20.0. The largest absolute Gasteiger partial charge is 0.549 e. The summed E-state index contributed by atoms with van der Waals surface area (Å²) in [5.41, 5.74) is 16.0. The van der Waals surface area contributed by atoms with E-state index in [1.54, 1.807) is 10.6 Å². The number of thiazole rings is 1. The lowest BCUT2D eigenvalue weighted by atomic mass is 9.89. The normalized spacial score (nSPS) is 21.8. The van der Waals surface area contributed by atoms with Crippen LogP contribution in [0.15, 0.2) is 21.8 Å². The van der Waals surface area contributed by atoms with Crippen LogP contribution in [0.5, 0.6) is 0 Å². The molecule has 2 unspecified atom stereocenters. The van der Waals surface area contributed by atoms with Gasteiger partial charge < -0.3 is 47.3 Å². The van der Waals surface area contributed by atoms with E-state index in [1.807, 2.05) is 6.92 Å². The molecule has 2 amide bonds. The Morgan fingerprint density at radius 2 is 2.12 bits per heavy atom. The van der Waals surface area contributed by atoms with Crippen molar-refractivity contribution in [2.24, 2.45) is 10.6 Å². The number of hydrogen-bond donors (Lipinski definition) is 5. The summed E-state index contributed by atoms with van der Waals surface area (Å²) in [6, 6.07) is 0.558. The fraction of sp³-hybridized carbons (Fsp3) is 0.478. The Bertz CT molecular complexity index is 1420. The van der Waals surface area contributed by atoms with Gasteiger partial charge in [-0.2, -0.15) is 0 Å². The number of thioether (sulfide) groups is 2. The van der Waals surface area contributed by atoms with Gasteiger partial charge in [-0.15, -0.1) is 23.1 Å². The number of carbonyl (C=O) groups is 4. The van der Waals surface area contributed by atoms with Gasteiger partial charge in [0.2, 0.25) is 24.1 Å². The molecular formula is C23H29N9O7S3. The van der Waals surface area contributed by atoms with Gasteiger partial charge >= 0.3 is 11.1 Å². The minimum atomic E-state index is -1.41. The second-order valence-electron chi connectivity index (χ2n) is 9.55. The number of hydrogen-bond acceptors (Lipinski definition) is 15. The number of nitrogens with zero attached hydrogens (tertiary/aromatic N) is 5. The maximum atomic E-state index is 13.1. The van der Waals surface area contributed by atoms with Crippen LogP contribution in [0.1, 0.15) is 25.5 Å². The average Bonchev–Trinajstić information content (AvgIpc) is 3.37. The zero-order valence-corrected chi connectivity index (χ0v) is 24.8. The van der Waals surface area contributed by atoms with Crippen LogP contribution in [0.4, 0.5) is 16.8 Å². The number of amides is 2. The molecule has 3 atom stereocenters. The zero-order chi connectivity index (χ0) is 30.6. The number of carboxylic acids is 2. The molecule has 16 nitrogen and oxygen atoms in total. The molecule has 2 aliphatic rings. The van der Waals surface area contributed by atoms with Crippen molar-refractivity contribution in [2.75, 3.05) is 41.9 Å². The summed E-state index contributed by atoms with van der Waals surface area (Å²) in [5.74, 6) is -3.20. The highest BCUT2D eigenvalue weighted by Gasteiger charge is 2.56. The smallest absolute Gasteiger partial charge is 0.344 e. The summed E-state index contributed by atoms with van der Waals surface area (Å²) in [5, 5.41) is 28.9. The number of rotatable bonds is 13. The van der Waals surface area contributed by atoms with Gasteiger partial charge in [0.25, 0.3) is 5.91 Å². The van der Waals surface area contributed by atoms with E-state index in [4.69, 9.17) is 27.1 Å². The van der Waals surface area contributed by atoms with Crippen LogP contribution in [-0.2, 0) is 30.6 Å². The number of unbranched alkanes of at least 4 members (excludes halogenated alkanes) is 1. The highest BCUT2D eigenvalue weighted by atomic mass is 32.2. The number of carboxylic acid groups (broad SMARTS) is 2. The molecule has 2 aromatic rings. The molecule has 0 radical (unpaired) electrons. The molecule has 226 valence electrons. The van der Waals surface area contributed by atoms with Gasteiger partial charge in [-0.3, -0.25) is 9.59 Å². The molecule has 0 spiro atoms. The van der Waals surface area contributed by atoms with Gasteiger partial charge in [0.1, 0.15) is 17.1 Å². The van der Waals surface area contributed by atoms with Crippen LogP contribution in [0, 0.1) is 5.41 Å². The Morgan fingerprint density at radius 1 is 1.36 bits per heavy atom. The first-order valence-electron chi connectivity index (χ1n) is 12.6. The van der Waals surface area contributed by atoms with Crippen molar-refractivity contribution in [3.63, 3.8) is 0 Å². The number of carbonyl (C=O) groups excluding carboxylic acids is 3. The molecule has 4 heterocycles. The average molecular weight is 640 g/mol. The molecule has 2 aromatic heterocycles. The Balaban J connectivity index is 1.46. The van der Waals surface area contributed by atoms with Crippen LogP contribution in [0.2, 0.25) is 0 Å². The highest BCUT2D eigenvalue weighted by Crippen LogP contribution is 2.44. The van der Waals surface area contributed by atoms with Crippen LogP contribution in [0.25, 0.3) is 0 Å². The Kier molecular flexibility index (Phi) is 9.62. The highest BCUT2D eigenvalue weighted by molar-refractivity contribution is 8.00. The van der Waals surface area contributed by atoms with E-state index in [-0.39, 0.29) is 40.4 Å². The Labute approximate surface area is 252 Å². The number of fused-ring (bicyclic) bond motifs is 1. The first kappa shape index (κ1) is 31.1. The van der Waals surface area contributed by atoms with Crippen molar-refractivity contribution in [1.29, 1.82) is 0 Å². The molecule has 2 saturated heterocycles. The molecule has 0 saturated carbocycles. The second kappa shape index (κ2) is 13.0. The number of oxime groups is 1. The number of aromatic nitrogens is 3. The molecule has 2 aliphatic heterocycles. The molecule has 42 heavy (non-hydrogen) atoms. The minimum absolute atomic E-state index is 0.0419. The van der Waals surface area contributed by atoms with E-state index in [9.17, 15) is 24.3 Å². The maximum absolute atomic E-state index is 13.1. The molecule has 0 bridgehead atoms. The summed E-state index contributed by atoms with van der Waals surface area (Å²) < 4.78 is 1.78. The SMILES string of the molecule is CCCC[n+]1c(N)cc(N)nc1SCC1(C(=O)[O-])CS[C@@H]2C(NC(=O)C(=NOCC(=O)O)c3csc(N)n3)C(=O)N2C1. The van der Waals surface area contributed by atoms with Crippen molar-refractivity contribution in [1.82, 2.24) is 20.2 Å². The number of nitrogens with one attached hydrogen (secondary N) is 1. The summed E-state index contributed by atoms with van der Waals surface area (Å²) >= 11 is 3.40. The fourth-order valence-electron chi connectivity index (χ4n) is 4.26. The van der Waals surface area contributed by atoms with Crippen molar-refractivity contribution in [3.8, 4) is 0 Å². The van der Waals surface area contributed by atoms with Gasteiger partial charge in [-0.25, -0.2) is 14.3 Å². The van der Waals surface area contributed by atoms with Crippen molar-refractivity contribution < 1.29 is 38.8 Å². The lowest BCUT2D eigenvalue weighted by molar-refractivity contribution is -0.723. The van der Waals surface area contributed by atoms with Crippen molar-refractivity contribution >= 4 is 81.1 Å². The quantitative estimate of drug-likeness (QED) is 0.0401. The standard InChI is InChI=1S/C23H29N9O7S3/c1-2-3-4-31-13(25)5-12(24)28-22(31)42-10-23(20(37)38)8-32-18(36)16(19(32)41-9-23)29-17(35)15(30-39-6-14(33)34)11-7-40-21(26)27-11/h5,7,16,19H,2-4,6,8-10H2,1H3,(H8,24,25,26,27,29,33,34,35,37,38)/t16?,19-,23?/m1/s1. The van der Waals surface area contributed by atoms with Gasteiger partial charge in [0.15, 0.2) is 10.8 Å². The third-order valence-corrected chi connectivity index (χ3v) is 9.99. The summed E-state index contributed by atoms with van der Waals surface area (Å²) in [6.45, 7) is 1.68. The third kappa shape index (κ3) is 6.62. The lowest BCUT2D eigenvalue weighted by Crippen LogP contribution is -2.75. The minimum Gasteiger partial charge on any atom is -0.549 e. The topological polar surface area (TPSA) is 256 Å². The zero-order valence-electron chi connectivity index (χ0n) is 22.3. The van der Waals surface area contributed by atoms with Crippen molar-refractivity contribution in [3.05, 3.63) is 17.1 Å². The molecule has 4 rings (SSSR count).